The second-order valence-electron chi connectivity index (χ2n) is 32.0. The van der Waals surface area contributed by atoms with Gasteiger partial charge in [-0.2, -0.15) is 0 Å². The van der Waals surface area contributed by atoms with Gasteiger partial charge in [0.1, 0.15) is 11.6 Å². The van der Waals surface area contributed by atoms with Crippen LogP contribution in [-0.2, 0) is 21.1 Å². The zero-order chi connectivity index (χ0) is 82.1. The SMILES string of the molecule is CC(C)c1cccc(C(C)C)c1-n1c(-c2cccn2C)nc2ccccc21.CC(C)c1cccc(C(C)C)c1-n1ccnc1-c1cccn1C.Cc1ccccc1-c1nc2ccccc2n1-c1c(C(C)C)cccc1C(C)C.Cc1ccccc1-c1nc2ccccc2n1-c1ccccc1.Cn1ccnc1-c1nccn1-c1ccccc1. The molecule has 0 aliphatic heterocycles. The molecule has 10 aromatic carbocycles. The van der Waals surface area contributed by atoms with Crippen LogP contribution in [-0.4, -0.2) is 66.4 Å². The van der Waals surface area contributed by atoms with Crippen molar-refractivity contribution >= 4 is 33.1 Å². The first kappa shape index (κ1) is 80.4. The Kier molecular flexibility index (Phi) is 24.5. The summed E-state index contributed by atoms with van der Waals surface area (Å²) in [5.41, 5.74) is 27.9. The van der Waals surface area contributed by atoms with Gasteiger partial charge in [-0.3, -0.25) is 22.8 Å². The Morgan fingerprint density at radius 3 is 0.983 bits per heavy atom. The van der Waals surface area contributed by atoms with Gasteiger partial charge in [0, 0.05) is 93.2 Å². The van der Waals surface area contributed by atoms with Crippen molar-refractivity contribution in [2.24, 2.45) is 21.1 Å². The minimum Gasteiger partial charge on any atom is -0.348 e. The van der Waals surface area contributed by atoms with Gasteiger partial charge in [0.2, 0.25) is 0 Å². The first-order chi connectivity index (χ1) is 56.7. The lowest BCUT2D eigenvalue weighted by molar-refractivity contribution is 0.804. The van der Waals surface area contributed by atoms with Crippen LogP contribution >= 0.6 is 0 Å². The molecule has 14 heteroatoms. The van der Waals surface area contributed by atoms with E-state index in [1.807, 2.05) is 77.2 Å². The molecule has 18 aromatic rings. The molecule has 18 rings (SSSR count). The fraction of sp³-hybridized carbons (Fsp3) is 0.223. The van der Waals surface area contributed by atoms with Crippen molar-refractivity contribution in [3.63, 3.8) is 0 Å². The normalized spacial score (nSPS) is 11.4. The van der Waals surface area contributed by atoms with Crippen molar-refractivity contribution in [2.75, 3.05) is 0 Å². The molecule has 0 atom stereocenters. The summed E-state index contributed by atoms with van der Waals surface area (Å²) in [6.07, 6.45) is 15.5. The number of aromatic nitrogens is 14. The van der Waals surface area contributed by atoms with Gasteiger partial charge in [0.25, 0.3) is 0 Å². The molecule has 0 N–H and O–H groups in total. The molecule has 0 aliphatic carbocycles. The van der Waals surface area contributed by atoms with Crippen LogP contribution in [0.25, 0.3) is 119 Å². The van der Waals surface area contributed by atoms with Crippen molar-refractivity contribution < 1.29 is 0 Å². The van der Waals surface area contributed by atoms with Gasteiger partial charge in [-0.15, -0.1) is 0 Å². The van der Waals surface area contributed by atoms with Crippen LogP contribution in [0.15, 0.2) is 310 Å². The zero-order valence-electron chi connectivity index (χ0n) is 70.7. The first-order valence-electron chi connectivity index (χ1n) is 41.0. The van der Waals surface area contributed by atoms with Gasteiger partial charge in [-0.05, 0) is 179 Å². The molecule has 117 heavy (non-hydrogen) atoms. The lowest BCUT2D eigenvalue weighted by Crippen LogP contribution is -2.09. The smallest absolute Gasteiger partial charge is 0.181 e. The van der Waals surface area contributed by atoms with E-state index in [1.54, 1.807) is 12.4 Å². The van der Waals surface area contributed by atoms with E-state index in [-0.39, 0.29) is 0 Å². The summed E-state index contributed by atoms with van der Waals surface area (Å²) in [7, 11) is 6.11. The van der Waals surface area contributed by atoms with Crippen molar-refractivity contribution in [2.45, 2.75) is 132 Å². The Bertz CT molecular complexity index is 6290. The average molecular weight is 1540 g/mol. The Morgan fingerprint density at radius 1 is 0.239 bits per heavy atom. The third kappa shape index (κ3) is 16.7. The molecule has 8 heterocycles. The molecule has 0 aliphatic rings. The monoisotopic (exact) mass is 1540 g/mol. The minimum atomic E-state index is 0.430. The predicted molar refractivity (Wildman–Crippen MR) is 486 cm³/mol. The summed E-state index contributed by atoms with van der Waals surface area (Å²) in [5, 5.41) is 0. The molecule has 14 nitrogen and oxygen atoms in total. The molecule has 0 spiro atoms. The number of para-hydroxylation sites is 11. The van der Waals surface area contributed by atoms with Gasteiger partial charge in [-0.25, -0.2) is 29.9 Å². The number of hydrogen-bond donors (Lipinski definition) is 0. The third-order valence-corrected chi connectivity index (χ3v) is 21.9. The van der Waals surface area contributed by atoms with E-state index in [2.05, 4.69) is 390 Å². The topological polar surface area (TPSA) is 117 Å². The number of hydrogen-bond acceptors (Lipinski definition) is 6. The summed E-state index contributed by atoms with van der Waals surface area (Å²) in [6.45, 7) is 31.5. The highest BCUT2D eigenvalue weighted by atomic mass is 15.2. The summed E-state index contributed by atoms with van der Waals surface area (Å²) in [6, 6.07) is 91.1. The molecule has 0 fully saturated rings. The molecule has 590 valence electrons. The van der Waals surface area contributed by atoms with Crippen LogP contribution < -0.4 is 0 Å². The third-order valence-electron chi connectivity index (χ3n) is 21.9. The summed E-state index contributed by atoms with van der Waals surface area (Å²) >= 11 is 0. The maximum absolute atomic E-state index is 5.08. The van der Waals surface area contributed by atoms with E-state index in [0.717, 1.165) is 90.8 Å². The van der Waals surface area contributed by atoms with Crippen LogP contribution in [0.5, 0.6) is 0 Å². The standard InChI is InChI=1S/C26H28N2.C24H27N3.C20H25N3.C20H16N2.C13H12N4/c1-17(2)20-13-10-14-21(18(3)4)25(20)28-24-16-9-8-15-23(24)27-26(28)22-12-7-6-11-19(22)5;1-16(2)18-10-8-11-19(17(3)4)23(18)27-21-13-7-6-12-20(21)25-24(27)22-14-9-15-26(22)5;1-14(2)16-8-6-9-17(15(3)4)19(16)23-13-11-21-20(23)18-10-7-12-22(18)5;1-15-9-5-6-12-17(15)20-21-18-13-7-8-14-19(18)22(20)16-10-3-2-4-11-16;1-16-9-7-14-12(16)13-15-8-10-17(13)11-5-3-2-4-6-11/h6-18H,1-5H3;6-17H,1-5H3;6-15H,1-5H3;2-14H,1H3;2-10H,1H3. The second-order valence-corrected chi connectivity index (χ2v) is 32.0. The fourth-order valence-corrected chi connectivity index (χ4v) is 15.8. The Labute approximate surface area is 689 Å². The highest BCUT2D eigenvalue weighted by Crippen LogP contribution is 2.41. The van der Waals surface area contributed by atoms with E-state index >= 15 is 0 Å². The van der Waals surface area contributed by atoms with Gasteiger partial charge in [0.05, 0.1) is 61.6 Å². The summed E-state index contributed by atoms with van der Waals surface area (Å²) in [4.78, 5) is 28.3. The quantitative estimate of drug-likeness (QED) is 0.0951. The largest absolute Gasteiger partial charge is 0.348 e. The van der Waals surface area contributed by atoms with E-state index in [4.69, 9.17) is 15.0 Å². The average Bonchev–Trinajstić information content (AvgIpc) is 1.62. The van der Waals surface area contributed by atoms with E-state index in [0.29, 0.717) is 35.5 Å². The second kappa shape index (κ2) is 35.7. The van der Waals surface area contributed by atoms with E-state index in [9.17, 15) is 0 Å². The Morgan fingerprint density at radius 2 is 0.573 bits per heavy atom. The number of imidazole rings is 6. The molecule has 0 unspecified atom stereocenters. The lowest BCUT2D eigenvalue weighted by atomic mass is 9.92. The van der Waals surface area contributed by atoms with Gasteiger partial charge in [-0.1, -0.05) is 259 Å². The summed E-state index contributed by atoms with van der Waals surface area (Å²) in [5.74, 6) is 8.37. The van der Waals surface area contributed by atoms with Crippen LogP contribution in [0.4, 0.5) is 0 Å². The number of nitrogens with zero attached hydrogens (tertiary/aromatic N) is 14. The van der Waals surface area contributed by atoms with Gasteiger partial charge in [0.15, 0.2) is 23.3 Å². The Hall–Kier alpha value is -13.2. The van der Waals surface area contributed by atoms with Crippen LogP contribution in [0, 0.1) is 13.8 Å². The van der Waals surface area contributed by atoms with E-state index < -0.39 is 0 Å². The van der Waals surface area contributed by atoms with Gasteiger partial charge >= 0.3 is 0 Å². The highest BCUT2D eigenvalue weighted by Gasteiger charge is 2.27. The molecule has 0 radical (unpaired) electrons. The van der Waals surface area contributed by atoms with E-state index in [1.165, 1.54) is 72.7 Å². The molecular formula is C103H108N14. The summed E-state index contributed by atoms with van der Waals surface area (Å²) < 4.78 is 17.5. The minimum absolute atomic E-state index is 0.430. The molecular weight excluding hydrogens is 1430 g/mol. The van der Waals surface area contributed by atoms with Crippen LogP contribution in [0.2, 0.25) is 0 Å². The predicted octanol–water partition coefficient (Wildman–Crippen LogP) is 25.9. The van der Waals surface area contributed by atoms with Crippen molar-refractivity contribution in [1.82, 2.24) is 66.4 Å². The molecule has 8 aromatic heterocycles. The number of rotatable bonds is 16. The number of fused-ring (bicyclic) bond motifs is 3. The first-order valence-corrected chi connectivity index (χ1v) is 41.0. The fourth-order valence-electron chi connectivity index (χ4n) is 15.8. The van der Waals surface area contributed by atoms with Crippen molar-refractivity contribution in [3.05, 3.63) is 355 Å². The van der Waals surface area contributed by atoms with Crippen LogP contribution in [0.1, 0.15) is 163 Å². The van der Waals surface area contributed by atoms with Crippen molar-refractivity contribution in [3.8, 4) is 85.9 Å². The maximum Gasteiger partial charge on any atom is 0.181 e. The molecule has 0 saturated carbocycles. The lowest BCUT2D eigenvalue weighted by Gasteiger charge is -2.22. The molecule has 0 bridgehead atoms. The van der Waals surface area contributed by atoms with Gasteiger partial charge < -0.3 is 13.7 Å². The highest BCUT2D eigenvalue weighted by molar-refractivity contribution is 5.87. The zero-order valence-corrected chi connectivity index (χ0v) is 70.7. The maximum atomic E-state index is 5.08. The molecule has 0 amide bonds. The number of aryl methyl sites for hydroxylation is 5. The van der Waals surface area contributed by atoms with Crippen molar-refractivity contribution in [1.29, 1.82) is 0 Å². The van der Waals surface area contributed by atoms with Crippen LogP contribution in [0.3, 0.4) is 0 Å². The number of benzene rings is 10. The Balaban J connectivity index is 0.000000121. The molecule has 0 saturated heterocycles.